The summed E-state index contributed by atoms with van der Waals surface area (Å²) in [6.07, 6.45) is 0. The average molecular weight is 316 g/mol. The number of carbonyl (C=O) groups is 1. The van der Waals surface area contributed by atoms with Crippen molar-refractivity contribution in [3.63, 3.8) is 0 Å². The van der Waals surface area contributed by atoms with E-state index in [0.717, 1.165) is 11.1 Å². The maximum Gasteiger partial charge on any atom is 0.239 e. The summed E-state index contributed by atoms with van der Waals surface area (Å²) in [5.74, 6) is 0.796. The Labute approximate surface area is 133 Å². The third kappa shape index (κ3) is 3.71. The number of halogens is 1. The van der Waals surface area contributed by atoms with Crippen molar-refractivity contribution >= 4 is 11.6 Å². The van der Waals surface area contributed by atoms with Crippen LogP contribution in [0, 0.1) is 12.7 Å². The lowest BCUT2D eigenvalue weighted by atomic mass is 10.2. The van der Waals surface area contributed by atoms with Crippen LogP contribution in [-0.4, -0.2) is 19.2 Å². The van der Waals surface area contributed by atoms with Gasteiger partial charge in [-0.2, -0.15) is 0 Å². The number of nitrogens with one attached hydrogen (secondary N) is 2. The molecule has 0 aliphatic carbocycles. The maximum absolute atomic E-state index is 13.7. The van der Waals surface area contributed by atoms with Crippen molar-refractivity contribution in [2.75, 3.05) is 18.7 Å². The molecule has 2 aromatic rings. The van der Waals surface area contributed by atoms with Crippen LogP contribution in [0.3, 0.4) is 0 Å². The first-order valence-corrected chi connectivity index (χ1v) is 7.27. The standard InChI is InChI=1S/C17H17FN2O3/c1-11-2-4-14(13(18)6-11)19-9-17(21)20-8-12-3-5-15-16(7-12)23-10-22-15/h2-7,19H,8-10H2,1H3,(H,20,21). The molecule has 0 saturated heterocycles. The number of benzene rings is 2. The Kier molecular flexibility index (Phi) is 4.32. The summed E-state index contributed by atoms with van der Waals surface area (Å²) in [4.78, 5) is 11.8. The summed E-state index contributed by atoms with van der Waals surface area (Å²) in [6.45, 7) is 2.40. The molecule has 0 fully saturated rings. The minimum Gasteiger partial charge on any atom is -0.454 e. The third-order valence-corrected chi connectivity index (χ3v) is 3.49. The molecule has 2 aromatic carbocycles. The Morgan fingerprint density at radius 2 is 2.00 bits per heavy atom. The van der Waals surface area contributed by atoms with E-state index in [1.165, 1.54) is 6.07 Å². The monoisotopic (exact) mass is 316 g/mol. The van der Waals surface area contributed by atoms with Gasteiger partial charge in [-0.25, -0.2) is 4.39 Å². The largest absolute Gasteiger partial charge is 0.454 e. The molecular formula is C17H17FN2O3. The number of anilines is 1. The van der Waals surface area contributed by atoms with Gasteiger partial charge in [-0.3, -0.25) is 4.79 Å². The van der Waals surface area contributed by atoms with E-state index in [1.54, 1.807) is 12.1 Å². The van der Waals surface area contributed by atoms with E-state index in [-0.39, 0.29) is 25.1 Å². The van der Waals surface area contributed by atoms with Gasteiger partial charge in [0.15, 0.2) is 11.5 Å². The Bertz CT molecular complexity index is 734. The number of hydrogen-bond donors (Lipinski definition) is 2. The predicted octanol–water partition coefficient (Wildman–Crippen LogP) is 2.59. The summed E-state index contributed by atoms with van der Waals surface area (Å²) in [6, 6.07) is 10.3. The van der Waals surface area contributed by atoms with E-state index in [9.17, 15) is 9.18 Å². The molecule has 1 heterocycles. The number of carbonyl (C=O) groups excluding carboxylic acids is 1. The molecule has 0 spiro atoms. The first kappa shape index (κ1) is 15.1. The minimum absolute atomic E-state index is 0.00450. The highest BCUT2D eigenvalue weighted by molar-refractivity contribution is 5.80. The lowest BCUT2D eigenvalue weighted by Gasteiger charge is -2.09. The fourth-order valence-corrected chi connectivity index (χ4v) is 2.25. The Morgan fingerprint density at radius 1 is 1.17 bits per heavy atom. The van der Waals surface area contributed by atoms with E-state index in [0.29, 0.717) is 23.7 Å². The second-order valence-electron chi connectivity index (χ2n) is 5.30. The highest BCUT2D eigenvalue weighted by Gasteiger charge is 2.13. The first-order chi connectivity index (χ1) is 11.1. The third-order valence-electron chi connectivity index (χ3n) is 3.49. The van der Waals surface area contributed by atoms with Gasteiger partial charge < -0.3 is 20.1 Å². The lowest BCUT2D eigenvalue weighted by Crippen LogP contribution is -2.29. The van der Waals surface area contributed by atoms with Gasteiger partial charge in [0.2, 0.25) is 12.7 Å². The normalized spacial score (nSPS) is 12.1. The molecule has 1 aliphatic rings. The van der Waals surface area contributed by atoms with Crippen molar-refractivity contribution in [2.45, 2.75) is 13.5 Å². The van der Waals surface area contributed by atoms with Gasteiger partial charge >= 0.3 is 0 Å². The zero-order valence-electron chi connectivity index (χ0n) is 12.7. The zero-order chi connectivity index (χ0) is 16.2. The Hall–Kier alpha value is -2.76. The molecule has 1 amide bonds. The summed E-state index contributed by atoms with van der Waals surface area (Å²) in [5, 5.41) is 5.56. The zero-order valence-corrected chi connectivity index (χ0v) is 12.7. The molecular weight excluding hydrogens is 299 g/mol. The van der Waals surface area contributed by atoms with Crippen LogP contribution >= 0.6 is 0 Å². The summed E-state index contributed by atoms with van der Waals surface area (Å²) in [5.41, 5.74) is 2.05. The highest BCUT2D eigenvalue weighted by atomic mass is 19.1. The van der Waals surface area contributed by atoms with Crippen LogP contribution in [0.15, 0.2) is 36.4 Å². The second kappa shape index (κ2) is 6.56. The summed E-state index contributed by atoms with van der Waals surface area (Å²) >= 11 is 0. The number of fused-ring (bicyclic) bond motifs is 1. The fraction of sp³-hybridized carbons (Fsp3) is 0.235. The van der Waals surface area contributed by atoms with Gasteiger partial charge in [0.25, 0.3) is 0 Å². The van der Waals surface area contributed by atoms with Crippen LogP contribution in [0.4, 0.5) is 10.1 Å². The molecule has 3 rings (SSSR count). The van der Waals surface area contributed by atoms with Crippen molar-refractivity contribution in [1.82, 2.24) is 5.32 Å². The van der Waals surface area contributed by atoms with E-state index in [4.69, 9.17) is 9.47 Å². The van der Waals surface area contributed by atoms with Gasteiger partial charge in [0.05, 0.1) is 12.2 Å². The first-order valence-electron chi connectivity index (χ1n) is 7.27. The molecule has 2 N–H and O–H groups in total. The van der Waals surface area contributed by atoms with Crippen LogP contribution in [0.1, 0.15) is 11.1 Å². The van der Waals surface area contributed by atoms with Gasteiger partial charge in [0.1, 0.15) is 5.82 Å². The highest BCUT2D eigenvalue weighted by Crippen LogP contribution is 2.32. The number of amides is 1. The van der Waals surface area contributed by atoms with E-state index < -0.39 is 0 Å². The van der Waals surface area contributed by atoms with Crippen molar-refractivity contribution in [3.05, 3.63) is 53.3 Å². The van der Waals surface area contributed by atoms with Crippen molar-refractivity contribution in [2.24, 2.45) is 0 Å². The number of ether oxygens (including phenoxy) is 2. The van der Waals surface area contributed by atoms with E-state index in [2.05, 4.69) is 10.6 Å². The van der Waals surface area contributed by atoms with Crippen LogP contribution in [0.5, 0.6) is 11.5 Å². The van der Waals surface area contributed by atoms with E-state index in [1.807, 2.05) is 25.1 Å². The van der Waals surface area contributed by atoms with Gasteiger partial charge in [-0.1, -0.05) is 12.1 Å². The van der Waals surface area contributed by atoms with Crippen LogP contribution in [0.2, 0.25) is 0 Å². The van der Waals surface area contributed by atoms with Crippen LogP contribution in [-0.2, 0) is 11.3 Å². The van der Waals surface area contributed by atoms with E-state index >= 15 is 0 Å². The lowest BCUT2D eigenvalue weighted by molar-refractivity contribution is -0.119. The number of hydrogen-bond acceptors (Lipinski definition) is 4. The molecule has 5 nitrogen and oxygen atoms in total. The summed E-state index contributed by atoms with van der Waals surface area (Å²) < 4.78 is 24.2. The molecule has 0 aromatic heterocycles. The molecule has 23 heavy (non-hydrogen) atoms. The summed E-state index contributed by atoms with van der Waals surface area (Å²) in [7, 11) is 0. The van der Waals surface area contributed by atoms with Crippen LogP contribution < -0.4 is 20.1 Å². The molecule has 120 valence electrons. The van der Waals surface area contributed by atoms with Crippen LogP contribution in [0.25, 0.3) is 0 Å². The second-order valence-corrected chi connectivity index (χ2v) is 5.30. The van der Waals surface area contributed by atoms with Crippen molar-refractivity contribution in [1.29, 1.82) is 0 Å². The molecule has 6 heteroatoms. The number of aryl methyl sites for hydroxylation is 1. The fourth-order valence-electron chi connectivity index (χ4n) is 2.25. The van der Waals surface area contributed by atoms with Gasteiger partial charge in [-0.05, 0) is 42.3 Å². The predicted molar refractivity (Wildman–Crippen MR) is 84.0 cm³/mol. The Morgan fingerprint density at radius 3 is 2.83 bits per heavy atom. The topological polar surface area (TPSA) is 59.6 Å². The molecule has 0 unspecified atom stereocenters. The van der Waals surface area contributed by atoms with Gasteiger partial charge in [-0.15, -0.1) is 0 Å². The minimum atomic E-state index is -0.367. The van der Waals surface area contributed by atoms with Crippen molar-refractivity contribution in [3.8, 4) is 11.5 Å². The maximum atomic E-state index is 13.7. The molecule has 1 aliphatic heterocycles. The molecule has 0 saturated carbocycles. The van der Waals surface area contributed by atoms with Gasteiger partial charge in [0, 0.05) is 6.54 Å². The smallest absolute Gasteiger partial charge is 0.239 e. The molecule has 0 atom stereocenters. The Balaban J connectivity index is 1.50. The quantitative estimate of drug-likeness (QED) is 0.890. The van der Waals surface area contributed by atoms with Crippen molar-refractivity contribution < 1.29 is 18.7 Å². The number of rotatable bonds is 5. The molecule has 0 bridgehead atoms. The average Bonchev–Trinajstić information content (AvgIpc) is 2.99. The molecule has 0 radical (unpaired) electrons. The SMILES string of the molecule is Cc1ccc(NCC(=O)NCc2ccc3c(c2)OCO3)c(F)c1.